The Hall–Kier alpha value is -2.67. The SMILES string of the molecule is CS(=O)(=O)c1cc(NC(=O)C2C3Cc4ccccc4C32)cc(C(=O)O)c1. The Balaban J connectivity index is 1.58. The zero-order valence-corrected chi connectivity index (χ0v) is 14.8. The van der Waals surface area contributed by atoms with Crippen molar-refractivity contribution in [3.8, 4) is 0 Å². The Morgan fingerprint density at radius 2 is 1.88 bits per heavy atom. The molecule has 1 amide bonds. The molecule has 2 aromatic carbocycles. The number of rotatable bonds is 4. The molecule has 2 aliphatic rings. The summed E-state index contributed by atoms with van der Waals surface area (Å²) in [7, 11) is -3.59. The lowest BCUT2D eigenvalue weighted by atomic mass is 10.0. The van der Waals surface area contributed by atoms with Crippen LogP contribution in [0, 0.1) is 11.8 Å². The van der Waals surface area contributed by atoms with E-state index in [1.54, 1.807) is 0 Å². The van der Waals surface area contributed by atoms with Crippen molar-refractivity contribution in [1.29, 1.82) is 0 Å². The molecular weight excluding hydrogens is 354 g/mol. The second-order valence-corrected chi connectivity index (χ2v) is 8.95. The lowest BCUT2D eigenvalue weighted by Crippen LogP contribution is -2.18. The predicted octanol–water partition coefficient (Wildman–Crippen LogP) is 2.31. The number of carboxylic acids is 1. The largest absolute Gasteiger partial charge is 0.478 e. The fourth-order valence-corrected chi connectivity index (χ4v) is 4.63. The van der Waals surface area contributed by atoms with Crippen molar-refractivity contribution < 1.29 is 23.1 Å². The van der Waals surface area contributed by atoms with Gasteiger partial charge < -0.3 is 10.4 Å². The molecule has 2 aromatic rings. The van der Waals surface area contributed by atoms with Gasteiger partial charge in [-0.05, 0) is 47.6 Å². The molecule has 6 nitrogen and oxygen atoms in total. The summed E-state index contributed by atoms with van der Waals surface area (Å²) in [6.45, 7) is 0. The second-order valence-electron chi connectivity index (χ2n) is 6.93. The quantitative estimate of drug-likeness (QED) is 0.859. The fourth-order valence-electron chi connectivity index (χ4n) is 3.94. The Bertz CT molecular complexity index is 1040. The van der Waals surface area contributed by atoms with Crippen molar-refractivity contribution in [1.82, 2.24) is 0 Å². The molecule has 2 N–H and O–H groups in total. The van der Waals surface area contributed by atoms with Gasteiger partial charge in [-0.25, -0.2) is 13.2 Å². The number of amides is 1. The summed E-state index contributed by atoms with van der Waals surface area (Å²) in [6, 6.07) is 11.7. The van der Waals surface area contributed by atoms with Crippen molar-refractivity contribution in [3.63, 3.8) is 0 Å². The van der Waals surface area contributed by atoms with E-state index >= 15 is 0 Å². The maximum atomic E-state index is 12.6. The molecule has 0 aliphatic heterocycles. The van der Waals surface area contributed by atoms with Crippen LogP contribution in [0.15, 0.2) is 47.4 Å². The molecule has 26 heavy (non-hydrogen) atoms. The van der Waals surface area contributed by atoms with E-state index in [0.717, 1.165) is 18.7 Å². The van der Waals surface area contributed by atoms with Gasteiger partial charge in [0.05, 0.1) is 10.5 Å². The Morgan fingerprint density at radius 3 is 2.58 bits per heavy atom. The molecule has 0 spiro atoms. The number of nitrogens with one attached hydrogen (secondary N) is 1. The van der Waals surface area contributed by atoms with Crippen molar-refractivity contribution in [2.24, 2.45) is 11.8 Å². The maximum Gasteiger partial charge on any atom is 0.335 e. The van der Waals surface area contributed by atoms with E-state index in [1.807, 2.05) is 18.2 Å². The molecule has 134 valence electrons. The molecule has 0 heterocycles. The van der Waals surface area contributed by atoms with Gasteiger partial charge in [-0.3, -0.25) is 4.79 Å². The van der Waals surface area contributed by atoms with Crippen molar-refractivity contribution in [2.45, 2.75) is 17.2 Å². The van der Waals surface area contributed by atoms with Crippen LogP contribution in [-0.4, -0.2) is 31.7 Å². The molecule has 1 saturated carbocycles. The topological polar surface area (TPSA) is 101 Å². The standard InChI is InChI=1S/C19H17NO5S/c1-26(24,25)13-7-11(19(22)23)6-12(9-13)20-18(21)17-15-8-10-4-2-3-5-14(10)16(15)17/h2-7,9,15-17H,8H2,1H3,(H,20,21)(H,22,23). The molecule has 3 atom stereocenters. The van der Waals surface area contributed by atoms with E-state index in [-0.39, 0.29) is 39.8 Å². The number of hydrogen-bond acceptors (Lipinski definition) is 4. The summed E-state index contributed by atoms with van der Waals surface area (Å²) in [5, 5.41) is 11.9. The number of carboxylic acid groups (broad SMARTS) is 1. The number of hydrogen-bond donors (Lipinski definition) is 2. The Kier molecular flexibility index (Phi) is 3.66. The third kappa shape index (κ3) is 2.78. The zero-order chi connectivity index (χ0) is 18.6. The first-order valence-corrected chi connectivity index (χ1v) is 10.1. The molecule has 1 fully saturated rings. The molecule has 2 aliphatic carbocycles. The number of sulfone groups is 1. The average molecular weight is 371 g/mol. The van der Waals surface area contributed by atoms with Crippen LogP contribution in [0.2, 0.25) is 0 Å². The molecular formula is C19H17NO5S. The summed E-state index contributed by atoms with van der Waals surface area (Å²) in [4.78, 5) is 23.8. The summed E-state index contributed by atoms with van der Waals surface area (Å²) in [6.07, 6.45) is 1.87. The minimum absolute atomic E-state index is 0.131. The van der Waals surface area contributed by atoms with Crippen molar-refractivity contribution in [2.75, 3.05) is 11.6 Å². The highest BCUT2D eigenvalue weighted by Crippen LogP contribution is 2.61. The first-order chi connectivity index (χ1) is 12.3. The van der Waals surface area contributed by atoms with E-state index in [1.165, 1.54) is 23.3 Å². The van der Waals surface area contributed by atoms with Crippen LogP contribution in [0.4, 0.5) is 5.69 Å². The van der Waals surface area contributed by atoms with Crippen molar-refractivity contribution >= 4 is 27.4 Å². The fraction of sp³-hybridized carbons (Fsp3) is 0.263. The normalized spacial score (nSPS) is 23.0. The highest BCUT2D eigenvalue weighted by molar-refractivity contribution is 7.90. The number of anilines is 1. The number of carbonyl (C=O) groups is 2. The second kappa shape index (κ2) is 5.67. The molecule has 0 bridgehead atoms. The number of benzene rings is 2. The summed E-state index contributed by atoms with van der Waals surface area (Å²) < 4.78 is 23.6. The molecule has 0 aromatic heterocycles. The summed E-state index contributed by atoms with van der Waals surface area (Å²) >= 11 is 0. The van der Waals surface area contributed by atoms with Crippen LogP contribution < -0.4 is 5.32 Å². The average Bonchev–Trinajstić information content (AvgIpc) is 3.16. The lowest BCUT2D eigenvalue weighted by Gasteiger charge is -2.11. The molecule has 0 saturated heterocycles. The Morgan fingerprint density at radius 1 is 1.15 bits per heavy atom. The smallest absolute Gasteiger partial charge is 0.335 e. The Labute approximate surface area is 150 Å². The number of aromatic carboxylic acids is 1. The van der Waals surface area contributed by atoms with Gasteiger partial charge in [0.15, 0.2) is 9.84 Å². The van der Waals surface area contributed by atoms with Gasteiger partial charge in [0.25, 0.3) is 0 Å². The maximum absolute atomic E-state index is 12.6. The van der Waals surface area contributed by atoms with E-state index in [2.05, 4.69) is 11.4 Å². The molecule has 7 heteroatoms. The number of carbonyl (C=O) groups excluding carboxylic acids is 1. The van der Waals surface area contributed by atoms with Gasteiger partial charge in [0.1, 0.15) is 0 Å². The van der Waals surface area contributed by atoms with Gasteiger partial charge >= 0.3 is 5.97 Å². The highest BCUT2D eigenvalue weighted by atomic mass is 32.2. The van der Waals surface area contributed by atoms with Gasteiger partial charge in [0.2, 0.25) is 5.91 Å². The van der Waals surface area contributed by atoms with E-state index in [0.29, 0.717) is 0 Å². The number of fused-ring (bicyclic) bond motifs is 3. The van der Waals surface area contributed by atoms with Gasteiger partial charge in [-0.15, -0.1) is 0 Å². The third-order valence-corrected chi connectivity index (χ3v) is 6.28. The molecule has 0 radical (unpaired) electrons. The minimum Gasteiger partial charge on any atom is -0.478 e. The molecule has 4 rings (SSSR count). The first-order valence-electron chi connectivity index (χ1n) is 8.23. The summed E-state index contributed by atoms with van der Waals surface area (Å²) in [5.74, 6) is -1.13. The predicted molar refractivity (Wildman–Crippen MR) is 95.0 cm³/mol. The van der Waals surface area contributed by atoms with Crippen LogP contribution in [0.25, 0.3) is 0 Å². The van der Waals surface area contributed by atoms with E-state index in [9.17, 15) is 23.1 Å². The summed E-state index contributed by atoms with van der Waals surface area (Å²) in [5.41, 5.74) is 2.49. The molecule has 3 unspecified atom stereocenters. The van der Waals surface area contributed by atoms with Gasteiger partial charge in [-0.1, -0.05) is 24.3 Å². The van der Waals surface area contributed by atoms with E-state index in [4.69, 9.17) is 0 Å². The highest BCUT2D eigenvalue weighted by Gasteiger charge is 2.59. The van der Waals surface area contributed by atoms with Crippen LogP contribution in [0.1, 0.15) is 27.4 Å². The van der Waals surface area contributed by atoms with Crippen LogP contribution in [0.3, 0.4) is 0 Å². The minimum atomic E-state index is -3.59. The van der Waals surface area contributed by atoms with Crippen LogP contribution in [-0.2, 0) is 21.1 Å². The first kappa shape index (κ1) is 16.8. The van der Waals surface area contributed by atoms with Gasteiger partial charge in [-0.2, -0.15) is 0 Å². The lowest BCUT2D eigenvalue weighted by molar-refractivity contribution is -0.117. The van der Waals surface area contributed by atoms with Crippen LogP contribution in [0.5, 0.6) is 0 Å². The van der Waals surface area contributed by atoms with Gasteiger partial charge in [0, 0.05) is 17.9 Å². The third-order valence-electron chi connectivity index (χ3n) is 5.19. The monoisotopic (exact) mass is 371 g/mol. The zero-order valence-electron chi connectivity index (χ0n) is 14.0. The van der Waals surface area contributed by atoms with Crippen molar-refractivity contribution in [3.05, 3.63) is 59.2 Å². The van der Waals surface area contributed by atoms with E-state index < -0.39 is 15.8 Å². The van der Waals surface area contributed by atoms with Crippen LogP contribution >= 0.6 is 0 Å².